The van der Waals surface area contributed by atoms with E-state index < -0.39 is 34.1 Å². The molecule has 3 aromatic carbocycles. The molecule has 2 amide bonds. The van der Waals surface area contributed by atoms with Gasteiger partial charge in [0.1, 0.15) is 12.6 Å². The SMILES string of the molecule is Cc1ccc(S(=O)(=O)N(CC(=O)N(CCc2ccccc2)C(C)C(=O)NC(C)(C)C)c2cc(C)ccc2C)cc1. The monoisotopic (exact) mass is 563 g/mol. The zero-order valence-electron chi connectivity index (χ0n) is 24.6. The van der Waals surface area contributed by atoms with Crippen LogP contribution in [0.15, 0.2) is 77.7 Å². The molecule has 0 radical (unpaired) electrons. The zero-order chi connectivity index (χ0) is 29.7. The average molecular weight is 564 g/mol. The van der Waals surface area contributed by atoms with Gasteiger partial charge in [0.15, 0.2) is 0 Å². The van der Waals surface area contributed by atoms with Crippen LogP contribution in [0.1, 0.15) is 49.9 Å². The Morgan fingerprint density at radius 1 is 0.875 bits per heavy atom. The number of carbonyl (C=O) groups excluding carboxylic acids is 2. The van der Waals surface area contributed by atoms with Gasteiger partial charge in [0.2, 0.25) is 11.8 Å². The molecule has 0 fully saturated rings. The van der Waals surface area contributed by atoms with E-state index in [0.717, 1.165) is 22.3 Å². The Morgan fingerprint density at radius 3 is 2.08 bits per heavy atom. The number of hydrogen-bond donors (Lipinski definition) is 1. The Hall–Kier alpha value is -3.65. The van der Waals surface area contributed by atoms with Crippen LogP contribution in [-0.2, 0) is 26.0 Å². The lowest BCUT2D eigenvalue weighted by molar-refractivity contribution is -0.139. The van der Waals surface area contributed by atoms with Gasteiger partial charge >= 0.3 is 0 Å². The van der Waals surface area contributed by atoms with Gasteiger partial charge in [-0.1, -0.05) is 60.2 Å². The minimum atomic E-state index is -4.10. The molecule has 0 bridgehead atoms. The lowest BCUT2D eigenvalue weighted by Crippen LogP contribution is -2.55. The van der Waals surface area contributed by atoms with Crippen LogP contribution in [0.2, 0.25) is 0 Å². The Kier molecular flexibility index (Phi) is 9.79. The molecular formula is C32H41N3O4S. The van der Waals surface area contributed by atoms with Crippen molar-refractivity contribution >= 4 is 27.5 Å². The molecular weight excluding hydrogens is 522 g/mol. The molecule has 0 aliphatic rings. The standard InChI is InChI=1S/C32H41N3O4S/c1-23-14-17-28(18-15-23)40(38,39)35(29-21-24(2)13-16-25(29)3)22-30(36)34(20-19-27-11-9-8-10-12-27)26(4)31(37)33-32(5,6)7/h8-18,21,26H,19-20,22H2,1-7H3,(H,33,37). The smallest absolute Gasteiger partial charge is 0.264 e. The van der Waals surface area contributed by atoms with E-state index in [1.807, 2.05) is 84.0 Å². The van der Waals surface area contributed by atoms with Crippen molar-refractivity contribution < 1.29 is 18.0 Å². The first-order valence-corrected chi connectivity index (χ1v) is 14.9. The molecule has 0 saturated heterocycles. The number of benzene rings is 3. The van der Waals surface area contributed by atoms with Crippen molar-refractivity contribution in [2.75, 3.05) is 17.4 Å². The fourth-order valence-corrected chi connectivity index (χ4v) is 5.85. The van der Waals surface area contributed by atoms with Crippen LogP contribution < -0.4 is 9.62 Å². The molecule has 0 heterocycles. The van der Waals surface area contributed by atoms with Crippen molar-refractivity contribution in [1.82, 2.24) is 10.2 Å². The second kappa shape index (κ2) is 12.7. The Bertz CT molecular complexity index is 1430. The number of nitrogens with one attached hydrogen (secondary N) is 1. The van der Waals surface area contributed by atoms with Crippen LogP contribution in [0.5, 0.6) is 0 Å². The van der Waals surface area contributed by atoms with Crippen molar-refractivity contribution in [2.24, 2.45) is 0 Å². The molecule has 1 atom stereocenters. The van der Waals surface area contributed by atoms with E-state index in [1.165, 1.54) is 9.21 Å². The van der Waals surface area contributed by atoms with Crippen LogP contribution in [0.3, 0.4) is 0 Å². The Balaban J connectivity index is 2.03. The number of aryl methyl sites for hydroxylation is 3. The summed E-state index contributed by atoms with van der Waals surface area (Å²) in [5, 5.41) is 2.95. The molecule has 0 saturated carbocycles. The summed E-state index contributed by atoms with van der Waals surface area (Å²) in [6.07, 6.45) is 0.522. The van der Waals surface area contributed by atoms with Crippen molar-refractivity contribution in [3.8, 4) is 0 Å². The van der Waals surface area contributed by atoms with Crippen molar-refractivity contribution in [1.29, 1.82) is 0 Å². The maximum absolute atomic E-state index is 14.0. The zero-order valence-corrected chi connectivity index (χ0v) is 25.4. The van der Waals surface area contributed by atoms with Gasteiger partial charge in [-0.3, -0.25) is 13.9 Å². The van der Waals surface area contributed by atoms with Gasteiger partial charge in [0.25, 0.3) is 10.0 Å². The molecule has 1 N–H and O–H groups in total. The van der Waals surface area contributed by atoms with E-state index in [2.05, 4.69) is 5.32 Å². The number of nitrogens with zero attached hydrogens (tertiary/aromatic N) is 2. The minimum Gasteiger partial charge on any atom is -0.350 e. The van der Waals surface area contributed by atoms with E-state index in [-0.39, 0.29) is 17.3 Å². The first-order valence-electron chi connectivity index (χ1n) is 13.5. The predicted molar refractivity (Wildman–Crippen MR) is 161 cm³/mol. The Morgan fingerprint density at radius 2 is 1.48 bits per heavy atom. The lowest BCUT2D eigenvalue weighted by Gasteiger charge is -2.34. The molecule has 214 valence electrons. The summed E-state index contributed by atoms with van der Waals surface area (Å²) in [6.45, 7) is 12.7. The third-order valence-electron chi connectivity index (χ3n) is 6.67. The maximum Gasteiger partial charge on any atom is 0.264 e. The summed E-state index contributed by atoms with van der Waals surface area (Å²) in [6, 6.07) is 21.0. The summed E-state index contributed by atoms with van der Waals surface area (Å²) >= 11 is 0. The first-order chi connectivity index (χ1) is 18.7. The van der Waals surface area contributed by atoms with E-state index in [4.69, 9.17) is 0 Å². The second-order valence-corrected chi connectivity index (χ2v) is 13.2. The number of hydrogen-bond acceptors (Lipinski definition) is 4. The van der Waals surface area contributed by atoms with Crippen LogP contribution in [0.25, 0.3) is 0 Å². The van der Waals surface area contributed by atoms with Crippen molar-refractivity contribution in [3.63, 3.8) is 0 Å². The topological polar surface area (TPSA) is 86.8 Å². The Labute approximate surface area is 239 Å². The lowest BCUT2D eigenvalue weighted by atomic mass is 10.1. The normalized spacial score (nSPS) is 12.5. The molecule has 40 heavy (non-hydrogen) atoms. The van der Waals surface area contributed by atoms with Gasteiger partial charge < -0.3 is 10.2 Å². The molecule has 7 nitrogen and oxygen atoms in total. The molecule has 0 aliphatic heterocycles. The highest BCUT2D eigenvalue weighted by Gasteiger charge is 2.33. The van der Waals surface area contributed by atoms with E-state index >= 15 is 0 Å². The largest absolute Gasteiger partial charge is 0.350 e. The number of carbonyl (C=O) groups is 2. The summed E-state index contributed by atoms with van der Waals surface area (Å²) in [7, 11) is -4.10. The summed E-state index contributed by atoms with van der Waals surface area (Å²) in [4.78, 5) is 28.8. The second-order valence-electron chi connectivity index (χ2n) is 11.4. The summed E-state index contributed by atoms with van der Waals surface area (Å²) < 4.78 is 29.2. The molecule has 3 rings (SSSR count). The van der Waals surface area contributed by atoms with Gasteiger partial charge in [-0.2, -0.15) is 0 Å². The quantitative estimate of drug-likeness (QED) is 0.368. The number of rotatable bonds is 10. The highest BCUT2D eigenvalue weighted by atomic mass is 32.2. The van der Waals surface area contributed by atoms with Crippen LogP contribution >= 0.6 is 0 Å². The van der Waals surface area contributed by atoms with E-state index in [9.17, 15) is 18.0 Å². The highest BCUT2D eigenvalue weighted by molar-refractivity contribution is 7.92. The third-order valence-corrected chi connectivity index (χ3v) is 8.44. The fourth-order valence-electron chi connectivity index (χ4n) is 4.38. The average Bonchev–Trinajstić information content (AvgIpc) is 2.88. The van der Waals surface area contributed by atoms with Gasteiger partial charge in [0.05, 0.1) is 10.6 Å². The maximum atomic E-state index is 14.0. The van der Waals surface area contributed by atoms with Gasteiger partial charge in [0, 0.05) is 12.1 Å². The fraction of sp³-hybridized carbons (Fsp3) is 0.375. The van der Waals surface area contributed by atoms with Crippen molar-refractivity contribution in [2.45, 2.75) is 71.4 Å². The molecule has 8 heteroatoms. The van der Waals surface area contributed by atoms with Crippen LogP contribution in [0.4, 0.5) is 5.69 Å². The van der Waals surface area contributed by atoms with Crippen LogP contribution in [-0.4, -0.2) is 49.8 Å². The predicted octanol–water partition coefficient (Wildman–Crippen LogP) is 5.18. The minimum absolute atomic E-state index is 0.0983. The van der Waals surface area contributed by atoms with Gasteiger partial charge in [-0.15, -0.1) is 0 Å². The first kappa shape index (κ1) is 30.9. The molecule has 0 aliphatic carbocycles. The van der Waals surface area contributed by atoms with Gasteiger partial charge in [-0.05, 0) is 89.8 Å². The number of sulfonamides is 1. The summed E-state index contributed by atoms with van der Waals surface area (Å²) in [5.41, 5.74) is 3.49. The number of anilines is 1. The van der Waals surface area contributed by atoms with E-state index in [0.29, 0.717) is 12.1 Å². The van der Waals surface area contributed by atoms with Crippen LogP contribution in [0, 0.1) is 20.8 Å². The number of amides is 2. The third kappa shape index (κ3) is 7.94. The molecule has 0 aromatic heterocycles. The van der Waals surface area contributed by atoms with E-state index in [1.54, 1.807) is 37.3 Å². The highest BCUT2D eigenvalue weighted by Crippen LogP contribution is 2.28. The van der Waals surface area contributed by atoms with Crippen molar-refractivity contribution in [3.05, 3.63) is 95.1 Å². The molecule has 3 aromatic rings. The molecule has 0 spiro atoms. The van der Waals surface area contributed by atoms with Gasteiger partial charge in [-0.25, -0.2) is 8.42 Å². The summed E-state index contributed by atoms with van der Waals surface area (Å²) in [5.74, 6) is -0.752. The molecule has 1 unspecified atom stereocenters.